The first-order chi connectivity index (χ1) is 17.2. The SMILES string of the molecule is C[C@@H](c1ccc(-c2ccc(F)cc2F)cc1)N1CC[C@](CCOC(N)=O)(c2ccc(F)cc2)CC1=O. The van der Waals surface area contributed by atoms with Crippen LogP contribution in [-0.2, 0) is 14.9 Å². The lowest BCUT2D eigenvalue weighted by Gasteiger charge is -2.44. The highest BCUT2D eigenvalue weighted by Gasteiger charge is 2.41. The van der Waals surface area contributed by atoms with E-state index in [1.165, 1.54) is 24.3 Å². The standard InChI is InChI=1S/C28H27F3N2O3/c1-18(19-2-4-20(5-3-19)24-11-10-23(30)16-25(24)31)33-14-12-28(17-26(33)34,13-15-36-27(32)35)21-6-8-22(29)9-7-21/h2-11,16,18H,12-15,17H2,1H3,(H2,32,35)/t18-,28+/m0/s1. The zero-order valence-corrected chi connectivity index (χ0v) is 19.8. The number of nitrogens with two attached hydrogens (primary N) is 1. The van der Waals surface area contributed by atoms with Gasteiger partial charge in [0.15, 0.2) is 0 Å². The van der Waals surface area contributed by atoms with Gasteiger partial charge in [-0.05, 0) is 60.7 Å². The minimum atomic E-state index is -0.884. The number of halogens is 3. The van der Waals surface area contributed by atoms with Crippen LogP contribution >= 0.6 is 0 Å². The van der Waals surface area contributed by atoms with Gasteiger partial charge in [-0.25, -0.2) is 18.0 Å². The summed E-state index contributed by atoms with van der Waals surface area (Å²) in [6.07, 6.45) is 0.262. The summed E-state index contributed by atoms with van der Waals surface area (Å²) in [4.78, 5) is 26.2. The van der Waals surface area contributed by atoms with Gasteiger partial charge in [-0.2, -0.15) is 0 Å². The highest BCUT2D eigenvalue weighted by molar-refractivity contribution is 5.79. The van der Waals surface area contributed by atoms with E-state index in [0.717, 1.165) is 17.2 Å². The van der Waals surface area contributed by atoms with Crippen LogP contribution in [0.4, 0.5) is 18.0 Å². The summed E-state index contributed by atoms with van der Waals surface area (Å²) >= 11 is 0. The molecule has 2 amide bonds. The number of carbonyl (C=O) groups is 2. The number of ether oxygens (including phenoxy) is 1. The molecule has 188 valence electrons. The number of hydrogen-bond donors (Lipinski definition) is 1. The first kappa shape index (κ1) is 25.3. The van der Waals surface area contributed by atoms with Gasteiger partial charge in [-0.15, -0.1) is 0 Å². The molecule has 4 rings (SSSR count). The van der Waals surface area contributed by atoms with Crippen molar-refractivity contribution < 1.29 is 27.5 Å². The van der Waals surface area contributed by atoms with Crippen molar-refractivity contribution >= 4 is 12.0 Å². The van der Waals surface area contributed by atoms with E-state index < -0.39 is 23.1 Å². The van der Waals surface area contributed by atoms with Crippen LogP contribution in [0.1, 0.15) is 43.4 Å². The van der Waals surface area contributed by atoms with Crippen molar-refractivity contribution in [2.75, 3.05) is 13.2 Å². The van der Waals surface area contributed by atoms with Gasteiger partial charge in [-0.3, -0.25) is 4.79 Å². The van der Waals surface area contributed by atoms with Crippen LogP contribution < -0.4 is 5.73 Å². The van der Waals surface area contributed by atoms with Crippen molar-refractivity contribution in [1.29, 1.82) is 0 Å². The van der Waals surface area contributed by atoms with Crippen molar-refractivity contribution in [3.8, 4) is 11.1 Å². The fraction of sp³-hybridized carbons (Fsp3) is 0.286. The summed E-state index contributed by atoms with van der Waals surface area (Å²) in [7, 11) is 0. The lowest BCUT2D eigenvalue weighted by atomic mass is 9.70. The average Bonchev–Trinajstić information content (AvgIpc) is 2.84. The maximum absolute atomic E-state index is 14.2. The second-order valence-electron chi connectivity index (χ2n) is 9.14. The minimum absolute atomic E-state index is 0.0525. The zero-order valence-electron chi connectivity index (χ0n) is 19.8. The molecule has 0 radical (unpaired) electrons. The minimum Gasteiger partial charge on any atom is -0.450 e. The van der Waals surface area contributed by atoms with Gasteiger partial charge < -0.3 is 15.4 Å². The van der Waals surface area contributed by atoms with Crippen LogP contribution in [0.3, 0.4) is 0 Å². The number of nitrogens with zero attached hydrogens (tertiary/aromatic N) is 1. The van der Waals surface area contributed by atoms with E-state index in [-0.39, 0.29) is 30.8 Å². The molecule has 2 atom stereocenters. The Hall–Kier alpha value is -3.81. The average molecular weight is 497 g/mol. The normalized spacial score (nSPS) is 18.7. The molecule has 1 aliphatic heterocycles. The predicted octanol–water partition coefficient (Wildman–Crippen LogP) is 5.88. The third-order valence-corrected chi connectivity index (χ3v) is 7.03. The largest absolute Gasteiger partial charge is 0.450 e. The number of amides is 2. The van der Waals surface area contributed by atoms with Crippen molar-refractivity contribution in [2.24, 2.45) is 5.73 Å². The molecule has 8 heteroatoms. The van der Waals surface area contributed by atoms with Gasteiger partial charge >= 0.3 is 6.09 Å². The Kier molecular flexibility index (Phi) is 7.33. The third kappa shape index (κ3) is 5.37. The van der Waals surface area contributed by atoms with E-state index in [2.05, 4.69) is 0 Å². The molecule has 3 aromatic carbocycles. The van der Waals surface area contributed by atoms with E-state index in [9.17, 15) is 22.8 Å². The van der Waals surface area contributed by atoms with Gasteiger partial charge in [-0.1, -0.05) is 36.4 Å². The molecular weight excluding hydrogens is 469 g/mol. The molecule has 5 nitrogen and oxygen atoms in total. The summed E-state index contributed by atoms with van der Waals surface area (Å²) in [5, 5.41) is 0. The molecule has 0 unspecified atom stereocenters. The highest BCUT2D eigenvalue weighted by atomic mass is 19.1. The highest BCUT2D eigenvalue weighted by Crippen LogP contribution is 2.41. The molecule has 0 aromatic heterocycles. The van der Waals surface area contributed by atoms with Crippen molar-refractivity contribution in [3.63, 3.8) is 0 Å². The molecule has 1 aliphatic rings. The summed E-state index contributed by atoms with van der Waals surface area (Å²) in [5.41, 5.74) is 7.08. The second kappa shape index (κ2) is 10.4. The third-order valence-electron chi connectivity index (χ3n) is 7.03. The maximum Gasteiger partial charge on any atom is 0.404 e. The monoisotopic (exact) mass is 496 g/mol. The first-order valence-corrected chi connectivity index (χ1v) is 11.7. The molecule has 0 bridgehead atoms. The maximum atomic E-state index is 14.2. The number of benzene rings is 3. The van der Waals surface area contributed by atoms with Crippen molar-refractivity contribution in [2.45, 2.75) is 37.6 Å². The Morgan fingerprint density at radius 1 is 1.03 bits per heavy atom. The Morgan fingerprint density at radius 3 is 2.31 bits per heavy atom. The van der Waals surface area contributed by atoms with Crippen LogP contribution in [0.2, 0.25) is 0 Å². The first-order valence-electron chi connectivity index (χ1n) is 11.7. The van der Waals surface area contributed by atoms with Gasteiger partial charge in [0.05, 0.1) is 12.6 Å². The molecule has 1 heterocycles. The fourth-order valence-electron chi connectivity index (χ4n) is 4.95. The topological polar surface area (TPSA) is 72.6 Å². The van der Waals surface area contributed by atoms with Gasteiger partial charge in [0, 0.05) is 30.0 Å². The van der Waals surface area contributed by atoms with Gasteiger partial charge in [0.25, 0.3) is 0 Å². The lowest BCUT2D eigenvalue weighted by molar-refractivity contribution is -0.138. The van der Waals surface area contributed by atoms with Crippen LogP contribution in [0.15, 0.2) is 66.7 Å². The zero-order chi connectivity index (χ0) is 25.9. The Labute approximate surface area is 207 Å². The predicted molar refractivity (Wildman–Crippen MR) is 129 cm³/mol. The fourth-order valence-corrected chi connectivity index (χ4v) is 4.95. The number of primary amides is 1. The number of carbonyl (C=O) groups excluding carboxylic acids is 2. The quantitative estimate of drug-likeness (QED) is 0.444. The van der Waals surface area contributed by atoms with Crippen molar-refractivity contribution in [1.82, 2.24) is 4.90 Å². The van der Waals surface area contributed by atoms with E-state index in [0.29, 0.717) is 30.5 Å². The Bertz CT molecular complexity index is 1250. The van der Waals surface area contributed by atoms with Crippen LogP contribution in [0.5, 0.6) is 0 Å². The van der Waals surface area contributed by atoms with E-state index in [1.54, 1.807) is 29.2 Å². The number of piperidine rings is 1. The van der Waals surface area contributed by atoms with Crippen molar-refractivity contribution in [3.05, 3.63) is 95.3 Å². The molecule has 1 saturated heterocycles. The molecule has 0 saturated carbocycles. The number of rotatable bonds is 7. The molecule has 3 aromatic rings. The Morgan fingerprint density at radius 2 is 1.69 bits per heavy atom. The molecule has 36 heavy (non-hydrogen) atoms. The summed E-state index contributed by atoms with van der Waals surface area (Å²) in [6, 6.07) is 16.4. The number of likely N-dealkylation sites (tertiary alicyclic amines) is 1. The van der Waals surface area contributed by atoms with E-state index in [1.807, 2.05) is 19.1 Å². The number of hydrogen-bond acceptors (Lipinski definition) is 3. The summed E-state index contributed by atoms with van der Waals surface area (Å²) in [5.74, 6) is -1.73. The summed E-state index contributed by atoms with van der Waals surface area (Å²) in [6.45, 7) is 2.42. The van der Waals surface area contributed by atoms with Crippen LogP contribution in [0.25, 0.3) is 11.1 Å². The van der Waals surface area contributed by atoms with Gasteiger partial charge in [0.2, 0.25) is 5.91 Å². The smallest absolute Gasteiger partial charge is 0.404 e. The van der Waals surface area contributed by atoms with Crippen LogP contribution in [-0.4, -0.2) is 30.1 Å². The van der Waals surface area contributed by atoms with E-state index in [4.69, 9.17) is 10.5 Å². The molecule has 2 N–H and O–H groups in total. The Balaban J connectivity index is 1.51. The lowest BCUT2D eigenvalue weighted by Crippen LogP contribution is -2.47. The molecule has 0 aliphatic carbocycles. The van der Waals surface area contributed by atoms with Crippen LogP contribution in [0, 0.1) is 17.5 Å². The van der Waals surface area contributed by atoms with E-state index >= 15 is 0 Å². The molecular formula is C28H27F3N2O3. The summed E-state index contributed by atoms with van der Waals surface area (Å²) < 4.78 is 45.9. The van der Waals surface area contributed by atoms with Gasteiger partial charge in [0.1, 0.15) is 17.5 Å². The second-order valence-corrected chi connectivity index (χ2v) is 9.14. The molecule has 1 fully saturated rings. The molecule has 0 spiro atoms.